The number of halogens is 2. The van der Waals surface area contributed by atoms with E-state index in [1.165, 1.54) is 13.1 Å². The predicted octanol–water partition coefficient (Wildman–Crippen LogP) is 0.191. The van der Waals surface area contributed by atoms with Gasteiger partial charge in [-0.05, 0) is 13.8 Å². The van der Waals surface area contributed by atoms with Crippen molar-refractivity contribution in [2.24, 2.45) is 0 Å². The maximum absolute atomic E-state index is 11.7. The number of rotatable bonds is 5. The molecule has 0 aliphatic carbocycles. The first-order valence-electron chi connectivity index (χ1n) is 5.85. The summed E-state index contributed by atoms with van der Waals surface area (Å²) in [6.07, 6.45) is 1.17. The van der Waals surface area contributed by atoms with Gasteiger partial charge in [-0.2, -0.15) is 5.10 Å². The molecule has 1 atom stereocenters. The summed E-state index contributed by atoms with van der Waals surface area (Å²) >= 11 is 11.3. The molecule has 0 aliphatic heterocycles. The molecule has 1 rings (SSSR count). The van der Waals surface area contributed by atoms with Crippen molar-refractivity contribution in [2.75, 3.05) is 6.54 Å². The summed E-state index contributed by atoms with van der Waals surface area (Å²) < 4.78 is 0.869. The van der Waals surface area contributed by atoms with Crippen LogP contribution < -0.4 is 16.2 Å². The van der Waals surface area contributed by atoms with Gasteiger partial charge in [-0.25, -0.2) is 4.68 Å². The Hall–Kier alpha value is -1.60. The Kier molecular flexibility index (Phi) is 5.97. The average molecular weight is 321 g/mol. The number of carbonyl (C=O) groups excluding carboxylic acids is 2. The highest BCUT2D eigenvalue weighted by molar-refractivity contribution is 6.41. The van der Waals surface area contributed by atoms with Gasteiger partial charge in [0.05, 0.1) is 11.2 Å². The average Bonchev–Trinajstić information content (AvgIpc) is 2.39. The smallest absolute Gasteiger partial charge is 0.287 e. The van der Waals surface area contributed by atoms with Crippen LogP contribution in [0.25, 0.3) is 0 Å². The van der Waals surface area contributed by atoms with Crippen molar-refractivity contribution in [3.05, 3.63) is 26.6 Å². The minimum absolute atomic E-state index is 0.0176. The second-order valence-electron chi connectivity index (χ2n) is 3.95. The Morgan fingerprint density at radius 1 is 1.45 bits per heavy atom. The number of likely N-dealkylation sites (N-methyl/N-ethyl adjacent to an activating group) is 1. The second-order valence-corrected chi connectivity index (χ2v) is 4.74. The van der Waals surface area contributed by atoms with Gasteiger partial charge in [0.15, 0.2) is 0 Å². The van der Waals surface area contributed by atoms with Crippen LogP contribution >= 0.6 is 23.2 Å². The van der Waals surface area contributed by atoms with E-state index in [1.807, 2.05) is 0 Å². The van der Waals surface area contributed by atoms with Crippen LogP contribution in [0.4, 0.5) is 0 Å². The standard InChI is InChI=1S/C11H14Cl2N4O3/c1-3-14-10(19)6(2)16-8(18)5-17-11(20)9(13)7(12)4-15-17/h4,6H,3,5H2,1-2H3,(H,14,19)(H,16,18)/t6-/m0/s1. The molecule has 2 N–H and O–H groups in total. The summed E-state index contributed by atoms with van der Waals surface area (Å²) in [6.45, 7) is 3.42. The Morgan fingerprint density at radius 3 is 2.70 bits per heavy atom. The highest BCUT2D eigenvalue weighted by Gasteiger charge is 2.16. The molecule has 0 saturated carbocycles. The molecule has 1 heterocycles. The molecule has 2 amide bonds. The van der Waals surface area contributed by atoms with E-state index >= 15 is 0 Å². The van der Waals surface area contributed by atoms with Gasteiger partial charge in [-0.3, -0.25) is 14.4 Å². The van der Waals surface area contributed by atoms with E-state index < -0.39 is 17.5 Å². The Balaban J connectivity index is 2.70. The van der Waals surface area contributed by atoms with E-state index in [2.05, 4.69) is 15.7 Å². The van der Waals surface area contributed by atoms with Gasteiger partial charge >= 0.3 is 0 Å². The summed E-state index contributed by atoms with van der Waals surface area (Å²) in [4.78, 5) is 34.8. The zero-order valence-electron chi connectivity index (χ0n) is 10.9. The third kappa shape index (κ3) is 4.21. The number of nitrogens with zero attached hydrogens (tertiary/aromatic N) is 2. The molecule has 0 spiro atoms. The van der Waals surface area contributed by atoms with Crippen molar-refractivity contribution >= 4 is 35.0 Å². The lowest BCUT2D eigenvalue weighted by Gasteiger charge is -2.13. The number of hydrogen-bond donors (Lipinski definition) is 2. The van der Waals surface area contributed by atoms with Gasteiger partial charge in [0.1, 0.15) is 17.6 Å². The van der Waals surface area contributed by atoms with Gasteiger partial charge < -0.3 is 10.6 Å². The van der Waals surface area contributed by atoms with Crippen molar-refractivity contribution in [1.29, 1.82) is 0 Å². The molecular weight excluding hydrogens is 307 g/mol. The van der Waals surface area contributed by atoms with Gasteiger partial charge in [-0.1, -0.05) is 23.2 Å². The summed E-state index contributed by atoms with van der Waals surface area (Å²) in [5.74, 6) is -0.841. The lowest BCUT2D eigenvalue weighted by atomic mass is 10.3. The largest absolute Gasteiger partial charge is 0.355 e. The van der Waals surface area contributed by atoms with Crippen LogP contribution in [-0.4, -0.2) is 34.2 Å². The molecule has 7 nitrogen and oxygen atoms in total. The third-order valence-corrected chi connectivity index (χ3v) is 3.11. The fourth-order valence-electron chi connectivity index (χ4n) is 1.37. The minimum atomic E-state index is -0.707. The topological polar surface area (TPSA) is 93.1 Å². The van der Waals surface area contributed by atoms with Crippen molar-refractivity contribution in [3.8, 4) is 0 Å². The van der Waals surface area contributed by atoms with Crippen LogP contribution in [0, 0.1) is 0 Å². The third-order valence-electron chi connectivity index (χ3n) is 2.36. The van der Waals surface area contributed by atoms with E-state index in [9.17, 15) is 14.4 Å². The first kappa shape index (κ1) is 16.5. The van der Waals surface area contributed by atoms with Crippen molar-refractivity contribution in [2.45, 2.75) is 26.4 Å². The van der Waals surface area contributed by atoms with E-state index in [4.69, 9.17) is 23.2 Å². The number of aromatic nitrogens is 2. The molecular formula is C11H14Cl2N4O3. The predicted molar refractivity (Wildman–Crippen MR) is 74.8 cm³/mol. The molecule has 0 aliphatic rings. The van der Waals surface area contributed by atoms with Crippen LogP contribution in [0.15, 0.2) is 11.0 Å². The molecule has 110 valence electrons. The first-order chi connectivity index (χ1) is 9.36. The SMILES string of the molecule is CCNC(=O)[C@H](C)NC(=O)Cn1ncc(Cl)c(Cl)c1=O. The minimum Gasteiger partial charge on any atom is -0.355 e. The molecule has 0 fully saturated rings. The summed E-state index contributed by atoms with van der Waals surface area (Å²) in [7, 11) is 0. The number of nitrogens with one attached hydrogen (secondary N) is 2. The molecule has 0 radical (unpaired) electrons. The van der Waals surface area contributed by atoms with Crippen molar-refractivity contribution in [1.82, 2.24) is 20.4 Å². The Labute approximate surface area is 125 Å². The number of carbonyl (C=O) groups is 2. The maximum atomic E-state index is 11.7. The highest BCUT2D eigenvalue weighted by atomic mass is 35.5. The van der Waals surface area contributed by atoms with E-state index in [0.29, 0.717) is 6.54 Å². The molecule has 1 aromatic heterocycles. The van der Waals surface area contributed by atoms with E-state index in [0.717, 1.165) is 4.68 Å². The van der Waals surface area contributed by atoms with E-state index in [1.54, 1.807) is 6.92 Å². The molecule has 9 heteroatoms. The monoisotopic (exact) mass is 320 g/mol. The van der Waals surface area contributed by atoms with Gasteiger partial charge in [0, 0.05) is 6.54 Å². The Morgan fingerprint density at radius 2 is 2.10 bits per heavy atom. The second kappa shape index (κ2) is 7.25. The maximum Gasteiger partial charge on any atom is 0.287 e. The quantitative estimate of drug-likeness (QED) is 0.810. The zero-order valence-corrected chi connectivity index (χ0v) is 12.5. The molecule has 1 aromatic rings. The van der Waals surface area contributed by atoms with Gasteiger partial charge in [-0.15, -0.1) is 0 Å². The van der Waals surface area contributed by atoms with Crippen molar-refractivity contribution < 1.29 is 9.59 Å². The highest BCUT2D eigenvalue weighted by Crippen LogP contribution is 2.14. The molecule has 0 unspecified atom stereocenters. The van der Waals surface area contributed by atoms with Crippen LogP contribution in [0.3, 0.4) is 0 Å². The molecule has 0 aromatic carbocycles. The molecule has 20 heavy (non-hydrogen) atoms. The summed E-state index contributed by atoms with van der Waals surface area (Å²) in [5.41, 5.74) is -0.667. The summed E-state index contributed by atoms with van der Waals surface area (Å²) in [5, 5.41) is 8.52. The first-order valence-corrected chi connectivity index (χ1v) is 6.60. The van der Waals surface area contributed by atoms with Crippen LogP contribution in [0.1, 0.15) is 13.8 Å². The normalized spacial score (nSPS) is 11.8. The van der Waals surface area contributed by atoms with E-state index in [-0.39, 0.29) is 22.5 Å². The van der Waals surface area contributed by atoms with Gasteiger partial charge in [0.2, 0.25) is 11.8 Å². The zero-order chi connectivity index (χ0) is 15.3. The summed E-state index contributed by atoms with van der Waals surface area (Å²) in [6, 6.07) is -0.707. The van der Waals surface area contributed by atoms with Crippen molar-refractivity contribution in [3.63, 3.8) is 0 Å². The van der Waals surface area contributed by atoms with Crippen LogP contribution in [-0.2, 0) is 16.1 Å². The fraction of sp³-hybridized carbons (Fsp3) is 0.455. The Bertz CT molecular complexity index is 573. The lowest BCUT2D eigenvalue weighted by Crippen LogP contribution is -2.46. The number of hydrogen-bond acceptors (Lipinski definition) is 4. The fourth-order valence-corrected chi connectivity index (χ4v) is 1.64. The van der Waals surface area contributed by atoms with Crippen LogP contribution in [0.2, 0.25) is 10.0 Å². The molecule has 0 saturated heterocycles. The van der Waals surface area contributed by atoms with Gasteiger partial charge in [0.25, 0.3) is 5.56 Å². The molecule has 0 bridgehead atoms. The lowest BCUT2D eigenvalue weighted by molar-refractivity contribution is -0.128. The van der Waals surface area contributed by atoms with Crippen LogP contribution in [0.5, 0.6) is 0 Å². The number of amides is 2.